The largest absolute Gasteiger partial charge is 0.346 e. The van der Waals surface area contributed by atoms with Crippen LogP contribution in [-0.4, -0.2) is 19.0 Å². The van der Waals surface area contributed by atoms with Crippen LogP contribution in [0.15, 0.2) is 12.1 Å². The van der Waals surface area contributed by atoms with Crippen LogP contribution in [0.4, 0.5) is 0 Å². The Bertz CT molecular complexity index is 445. The Balaban J connectivity index is 2.05. The molecule has 2 aliphatic rings. The van der Waals surface area contributed by atoms with Gasteiger partial charge in [-0.2, -0.15) is 0 Å². The average molecular weight is 218 g/mol. The number of carbonyl (C=O) groups is 1. The summed E-state index contributed by atoms with van der Waals surface area (Å²) in [6.45, 7) is 3.31. The zero-order valence-electron chi connectivity index (χ0n) is 9.29. The lowest BCUT2D eigenvalue weighted by atomic mass is 10.0. The molecule has 3 nitrogen and oxygen atoms in total. The first kappa shape index (κ1) is 10.00. The van der Waals surface area contributed by atoms with Crippen molar-refractivity contribution in [2.75, 3.05) is 13.2 Å². The van der Waals surface area contributed by atoms with Gasteiger partial charge in [0.05, 0.1) is 13.2 Å². The van der Waals surface area contributed by atoms with Gasteiger partial charge in [-0.05, 0) is 30.5 Å². The van der Waals surface area contributed by atoms with Crippen molar-refractivity contribution in [3.8, 4) is 0 Å². The summed E-state index contributed by atoms with van der Waals surface area (Å²) in [4.78, 5) is 11.7. The molecular weight excluding hydrogens is 204 g/mol. The van der Waals surface area contributed by atoms with Crippen LogP contribution >= 0.6 is 0 Å². The van der Waals surface area contributed by atoms with Gasteiger partial charge in [-0.25, -0.2) is 0 Å². The zero-order chi connectivity index (χ0) is 11.1. The fourth-order valence-corrected chi connectivity index (χ4v) is 2.43. The van der Waals surface area contributed by atoms with Gasteiger partial charge in [0.1, 0.15) is 0 Å². The van der Waals surface area contributed by atoms with Crippen molar-refractivity contribution in [1.29, 1.82) is 0 Å². The van der Waals surface area contributed by atoms with E-state index in [0.717, 1.165) is 23.1 Å². The molecular formula is C13H14O3. The number of carbonyl (C=O) groups excluding carboxylic acids is 1. The number of benzene rings is 1. The predicted molar refractivity (Wildman–Crippen MR) is 58.5 cm³/mol. The molecule has 3 heteroatoms. The highest BCUT2D eigenvalue weighted by Gasteiger charge is 2.25. The van der Waals surface area contributed by atoms with E-state index in [9.17, 15) is 4.79 Å². The number of hydrogen-bond acceptors (Lipinski definition) is 3. The highest BCUT2D eigenvalue weighted by Crippen LogP contribution is 2.31. The summed E-state index contributed by atoms with van der Waals surface area (Å²) in [5, 5.41) is 0. The van der Waals surface area contributed by atoms with Gasteiger partial charge in [-0.1, -0.05) is 6.07 Å². The number of rotatable bonds is 1. The number of fused-ring (bicyclic) bond motifs is 1. The molecule has 16 heavy (non-hydrogen) atoms. The zero-order valence-corrected chi connectivity index (χ0v) is 9.29. The van der Waals surface area contributed by atoms with E-state index >= 15 is 0 Å². The number of Topliss-reactive ketones (excluding diaryl/α,β-unsaturated/α-hetero) is 1. The summed E-state index contributed by atoms with van der Waals surface area (Å²) in [6, 6.07) is 4.05. The fourth-order valence-electron chi connectivity index (χ4n) is 2.43. The van der Waals surface area contributed by atoms with E-state index in [1.165, 1.54) is 5.56 Å². The second-order valence-electron chi connectivity index (χ2n) is 4.36. The predicted octanol–water partition coefficient (Wildman–Crippen LogP) is 2.17. The van der Waals surface area contributed by atoms with E-state index in [4.69, 9.17) is 9.47 Å². The van der Waals surface area contributed by atoms with Gasteiger partial charge >= 0.3 is 0 Å². The molecule has 0 saturated carbocycles. The molecule has 0 unspecified atom stereocenters. The van der Waals surface area contributed by atoms with Gasteiger partial charge < -0.3 is 9.47 Å². The minimum absolute atomic E-state index is 0.245. The maximum Gasteiger partial charge on any atom is 0.184 e. The summed E-state index contributed by atoms with van der Waals surface area (Å²) in [5.41, 5.74) is 4.19. The van der Waals surface area contributed by atoms with Gasteiger partial charge in [0.2, 0.25) is 0 Å². The number of hydrogen-bond donors (Lipinski definition) is 0. The molecule has 0 radical (unpaired) electrons. The lowest BCUT2D eigenvalue weighted by Crippen LogP contribution is -2.03. The molecule has 0 spiro atoms. The van der Waals surface area contributed by atoms with Crippen LogP contribution < -0.4 is 0 Å². The highest BCUT2D eigenvalue weighted by atomic mass is 16.7. The second kappa shape index (κ2) is 3.68. The fraction of sp³-hybridized carbons (Fsp3) is 0.462. The van der Waals surface area contributed by atoms with Gasteiger partial charge in [0.25, 0.3) is 0 Å². The average Bonchev–Trinajstić information content (AvgIpc) is 2.88. The van der Waals surface area contributed by atoms with Crippen LogP contribution in [-0.2, 0) is 15.9 Å². The third kappa shape index (κ3) is 1.47. The molecule has 1 aliphatic heterocycles. The normalized spacial score (nSPS) is 20.4. The molecule has 1 heterocycles. The molecule has 1 saturated heterocycles. The molecule has 0 N–H and O–H groups in total. The molecule has 3 rings (SSSR count). The standard InChI is InChI=1S/C13H14O3/c1-8-6-9-2-3-12(14)11(9)7-10(8)13-15-4-5-16-13/h6-7,13H,2-5H2,1H3. The number of aryl methyl sites for hydroxylation is 2. The summed E-state index contributed by atoms with van der Waals surface area (Å²) in [7, 11) is 0. The van der Waals surface area contributed by atoms with Crippen molar-refractivity contribution in [2.45, 2.75) is 26.1 Å². The third-order valence-corrected chi connectivity index (χ3v) is 3.29. The van der Waals surface area contributed by atoms with Crippen molar-refractivity contribution in [3.05, 3.63) is 34.4 Å². The Labute approximate surface area is 94.4 Å². The molecule has 1 fully saturated rings. The first-order valence-corrected chi connectivity index (χ1v) is 5.65. The Hall–Kier alpha value is -1.19. The maximum atomic E-state index is 11.7. The minimum Gasteiger partial charge on any atom is -0.346 e. The van der Waals surface area contributed by atoms with Crippen molar-refractivity contribution in [2.24, 2.45) is 0 Å². The summed E-state index contributed by atoms with van der Waals surface area (Å²) in [6.07, 6.45) is 1.24. The Morgan fingerprint density at radius 1 is 1.19 bits per heavy atom. The molecule has 0 aromatic heterocycles. The Morgan fingerprint density at radius 2 is 1.94 bits per heavy atom. The van der Waals surface area contributed by atoms with E-state index in [1.807, 2.05) is 13.0 Å². The van der Waals surface area contributed by atoms with E-state index in [2.05, 4.69) is 6.07 Å². The highest BCUT2D eigenvalue weighted by molar-refractivity contribution is 6.00. The van der Waals surface area contributed by atoms with Gasteiger partial charge in [0, 0.05) is 17.5 Å². The molecule has 0 atom stereocenters. The molecule has 84 valence electrons. The summed E-state index contributed by atoms with van der Waals surface area (Å²) in [5.74, 6) is 0.245. The molecule has 1 aliphatic carbocycles. The first-order valence-electron chi connectivity index (χ1n) is 5.65. The SMILES string of the molecule is Cc1cc2c(cc1C1OCCO1)C(=O)CC2. The van der Waals surface area contributed by atoms with E-state index < -0.39 is 0 Å². The first-order chi connectivity index (χ1) is 7.75. The summed E-state index contributed by atoms with van der Waals surface area (Å²) < 4.78 is 11.0. The third-order valence-electron chi connectivity index (χ3n) is 3.29. The van der Waals surface area contributed by atoms with Gasteiger partial charge in [-0.15, -0.1) is 0 Å². The van der Waals surface area contributed by atoms with Crippen LogP contribution in [0, 0.1) is 6.92 Å². The van der Waals surface area contributed by atoms with Crippen molar-refractivity contribution < 1.29 is 14.3 Å². The quantitative estimate of drug-likeness (QED) is 0.724. The minimum atomic E-state index is -0.279. The smallest absolute Gasteiger partial charge is 0.184 e. The van der Waals surface area contributed by atoms with Crippen molar-refractivity contribution in [1.82, 2.24) is 0 Å². The monoisotopic (exact) mass is 218 g/mol. The van der Waals surface area contributed by atoms with E-state index in [1.54, 1.807) is 0 Å². The van der Waals surface area contributed by atoms with E-state index in [0.29, 0.717) is 19.6 Å². The van der Waals surface area contributed by atoms with Crippen LogP contribution in [0.25, 0.3) is 0 Å². The Kier molecular flexibility index (Phi) is 2.30. The van der Waals surface area contributed by atoms with Crippen LogP contribution in [0.2, 0.25) is 0 Å². The molecule has 0 amide bonds. The van der Waals surface area contributed by atoms with E-state index in [-0.39, 0.29) is 12.1 Å². The van der Waals surface area contributed by atoms with Gasteiger partial charge in [0.15, 0.2) is 12.1 Å². The van der Waals surface area contributed by atoms with Crippen molar-refractivity contribution in [3.63, 3.8) is 0 Å². The van der Waals surface area contributed by atoms with Crippen LogP contribution in [0.5, 0.6) is 0 Å². The second-order valence-corrected chi connectivity index (χ2v) is 4.36. The maximum absolute atomic E-state index is 11.7. The molecule has 1 aromatic rings. The molecule has 1 aromatic carbocycles. The molecule has 0 bridgehead atoms. The van der Waals surface area contributed by atoms with Crippen LogP contribution in [0.1, 0.15) is 39.8 Å². The number of ether oxygens (including phenoxy) is 2. The van der Waals surface area contributed by atoms with Crippen molar-refractivity contribution >= 4 is 5.78 Å². The Morgan fingerprint density at radius 3 is 2.69 bits per heavy atom. The lowest BCUT2D eigenvalue weighted by Gasteiger charge is -2.14. The van der Waals surface area contributed by atoms with Gasteiger partial charge in [-0.3, -0.25) is 4.79 Å². The lowest BCUT2D eigenvalue weighted by molar-refractivity contribution is -0.0445. The topological polar surface area (TPSA) is 35.5 Å². The van der Waals surface area contributed by atoms with Crippen LogP contribution in [0.3, 0.4) is 0 Å². The number of ketones is 1. The summed E-state index contributed by atoms with van der Waals surface area (Å²) >= 11 is 0.